The highest BCUT2D eigenvalue weighted by Gasteiger charge is 2.21. The fourth-order valence-corrected chi connectivity index (χ4v) is 2.69. The number of hydrogen-bond donors (Lipinski definition) is 2. The molecule has 1 aliphatic heterocycles. The maximum atomic E-state index is 13.4. The van der Waals surface area contributed by atoms with E-state index in [0.29, 0.717) is 17.9 Å². The molecule has 0 atom stereocenters. The van der Waals surface area contributed by atoms with Gasteiger partial charge in [0, 0.05) is 23.6 Å². The first kappa shape index (κ1) is 14.4. The van der Waals surface area contributed by atoms with E-state index in [1.165, 1.54) is 12.1 Å². The summed E-state index contributed by atoms with van der Waals surface area (Å²) in [5.41, 5.74) is 8.64. The average molecular weight is 299 g/mol. The standard InChI is InChI=1S/C17H18FN3O/c18-13-4-9-16-12(11-13)3-1-2-10-21(16)17(22)20-15-7-5-14(19)6-8-15/h4-9,11H,1-3,10,19H2,(H,20,22). The Labute approximate surface area is 128 Å². The molecule has 0 aromatic heterocycles. The highest BCUT2D eigenvalue weighted by Crippen LogP contribution is 2.27. The molecule has 1 aliphatic rings. The number of hydrogen-bond acceptors (Lipinski definition) is 2. The lowest BCUT2D eigenvalue weighted by Crippen LogP contribution is -2.35. The fraction of sp³-hybridized carbons (Fsp3) is 0.235. The minimum absolute atomic E-state index is 0.209. The SMILES string of the molecule is Nc1ccc(NC(=O)N2CCCCc3cc(F)ccc32)cc1. The number of benzene rings is 2. The maximum Gasteiger partial charge on any atom is 0.326 e. The number of nitrogens with one attached hydrogen (secondary N) is 1. The average Bonchev–Trinajstić information content (AvgIpc) is 2.71. The molecule has 0 saturated heterocycles. The normalized spacial score (nSPS) is 14.1. The molecule has 22 heavy (non-hydrogen) atoms. The fourth-order valence-electron chi connectivity index (χ4n) is 2.69. The monoisotopic (exact) mass is 299 g/mol. The molecular weight excluding hydrogens is 281 g/mol. The van der Waals surface area contributed by atoms with Gasteiger partial charge in [0.05, 0.1) is 0 Å². The van der Waals surface area contributed by atoms with Crippen LogP contribution in [0.1, 0.15) is 18.4 Å². The zero-order valence-electron chi connectivity index (χ0n) is 12.2. The third kappa shape index (κ3) is 3.03. The Morgan fingerprint density at radius 2 is 1.91 bits per heavy atom. The largest absolute Gasteiger partial charge is 0.399 e. The van der Waals surface area contributed by atoms with Crippen molar-refractivity contribution >= 4 is 23.1 Å². The molecule has 1 heterocycles. The molecule has 0 saturated carbocycles. The summed E-state index contributed by atoms with van der Waals surface area (Å²) in [7, 11) is 0. The zero-order valence-corrected chi connectivity index (χ0v) is 12.2. The molecule has 114 valence electrons. The summed E-state index contributed by atoms with van der Waals surface area (Å²) in [5, 5.41) is 2.86. The number of carbonyl (C=O) groups excluding carboxylic acids is 1. The van der Waals surface area contributed by atoms with Crippen molar-refractivity contribution in [2.45, 2.75) is 19.3 Å². The molecule has 2 aromatic carbocycles. The number of amides is 2. The van der Waals surface area contributed by atoms with E-state index in [1.54, 1.807) is 35.2 Å². The van der Waals surface area contributed by atoms with Crippen molar-refractivity contribution < 1.29 is 9.18 Å². The van der Waals surface area contributed by atoms with E-state index in [1.807, 2.05) is 0 Å². The number of rotatable bonds is 1. The van der Waals surface area contributed by atoms with E-state index in [-0.39, 0.29) is 11.8 Å². The van der Waals surface area contributed by atoms with Crippen LogP contribution in [-0.4, -0.2) is 12.6 Å². The molecule has 0 radical (unpaired) electrons. The van der Waals surface area contributed by atoms with Gasteiger partial charge in [0.15, 0.2) is 0 Å². The molecule has 2 amide bonds. The van der Waals surface area contributed by atoms with E-state index >= 15 is 0 Å². The number of nitrogens with two attached hydrogens (primary N) is 1. The molecule has 2 aromatic rings. The molecular formula is C17H18FN3O. The Morgan fingerprint density at radius 3 is 2.68 bits per heavy atom. The Morgan fingerprint density at radius 1 is 1.14 bits per heavy atom. The summed E-state index contributed by atoms with van der Waals surface area (Å²) in [6.45, 7) is 0.624. The van der Waals surface area contributed by atoms with E-state index in [0.717, 1.165) is 30.5 Å². The van der Waals surface area contributed by atoms with Crippen molar-refractivity contribution in [3.05, 3.63) is 53.8 Å². The topological polar surface area (TPSA) is 58.4 Å². The highest BCUT2D eigenvalue weighted by molar-refractivity contribution is 6.02. The first-order valence-electron chi connectivity index (χ1n) is 7.36. The molecule has 5 heteroatoms. The molecule has 3 N–H and O–H groups in total. The number of halogens is 1. The van der Waals surface area contributed by atoms with Gasteiger partial charge < -0.3 is 11.1 Å². The van der Waals surface area contributed by atoms with Crippen LogP contribution in [0, 0.1) is 5.82 Å². The van der Waals surface area contributed by atoms with Crippen molar-refractivity contribution in [3.63, 3.8) is 0 Å². The zero-order chi connectivity index (χ0) is 15.5. The first-order valence-corrected chi connectivity index (χ1v) is 7.36. The van der Waals surface area contributed by atoms with Crippen LogP contribution < -0.4 is 16.0 Å². The number of fused-ring (bicyclic) bond motifs is 1. The molecule has 0 aliphatic carbocycles. The Balaban J connectivity index is 1.84. The van der Waals surface area contributed by atoms with Gasteiger partial charge in [0.25, 0.3) is 0 Å². The Hall–Kier alpha value is -2.56. The van der Waals surface area contributed by atoms with Gasteiger partial charge in [-0.2, -0.15) is 0 Å². The van der Waals surface area contributed by atoms with Crippen molar-refractivity contribution in [2.24, 2.45) is 0 Å². The predicted octanol–water partition coefficient (Wildman–Crippen LogP) is 3.78. The molecule has 0 bridgehead atoms. The summed E-state index contributed by atoms with van der Waals surface area (Å²) in [4.78, 5) is 14.2. The number of nitrogens with zero attached hydrogens (tertiary/aromatic N) is 1. The van der Waals surface area contributed by atoms with Gasteiger partial charge >= 0.3 is 6.03 Å². The van der Waals surface area contributed by atoms with Crippen molar-refractivity contribution in [1.29, 1.82) is 0 Å². The van der Waals surface area contributed by atoms with Crippen LogP contribution in [0.4, 0.5) is 26.2 Å². The van der Waals surface area contributed by atoms with E-state index in [4.69, 9.17) is 5.73 Å². The van der Waals surface area contributed by atoms with Gasteiger partial charge in [0.1, 0.15) is 5.82 Å². The lowest BCUT2D eigenvalue weighted by molar-refractivity contribution is 0.257. The van der Waals surface area contributed by atoms with Crippen LogP contribution in [0.25, 0.3) is 0 Å². The van der Waals surface area contributed by atoms with Crippen LogP contribution in [0.3, 0.4) is 0 Å². The van der Waals surface area contributed by atoms with Crippen LogP contribution in [0.5, 0.6) is 0 Å². The Bertz CT molecular complexity index is 685. The second kappa shape index (κ2) is 6.05. The second-order valence-corrected chi connectivity index (χ2v) is 5.43. The van der Waals surface area contributed by atoms with Gasteiger partial charge in [-0.1, -0.05) is 0 Å². The van der Waals surface area contributed by atoms with E-state index in [2.05, 4.69) is 5.32 Å². The second-order valence-electron chi connectivity index (χ2n) is 5.43. The van der Waals surface area contributed by atoms with Crippen LogP contribution in [0.2, 0.25) is 0 Å². The maximum absolute atomic E-state index is 13.4. The van der Waals surface area contributed by atoms with Crippen molar-refractivity contribution in [1.82, 2.24) is 0 Å². The van der Waals surface area contributed by atoms with Gasteiger partial charge in [-0.25, -0.2) is 9.18 Å². The third-order valence-corrected chi connectivity index (χ3v) is 3.82. The summed E-state index contributed by atoms with van der Waals surface area (Å²) >= 11 is 0. The molecule has 0 unspecified atom stereocenters. The minimum atomic E-state index is -0.264. The lowest BCUT2D eigenvalue weighted by atomic mass is 10.1. The molecule has 4 nitrogen and oxygen atoms in total. The number of carbonyl (C=O) groups is 1. The number of aryl methyl sites for hydroxylation is 1. The molecule has 3 rings (SSSR count). The van der Waals surface area contributed by atoms with Gasteiger partial charge in [0.2, 0.25) is 0 Å². The summed E-state index contributed by atoms with van der Waals surface area (Å²) in [6, 6.07) is 11.4. The number of anilines is 3. The van der Waals surface area contributed by atoms with Gasteiger partial charge in [-0.3, -0.25) is 4.90 Å². The van der Waals surface area contributed by atoms with Crippen LogP contribution >= 0.6 is 0 Å². The lowest BCUT2D eigenvalue weighted by Gasteiger charge is -2.23. The third-order valence-electron chi connectivity index (χ3n) is 3.82. The summed E-state index contributed by atoms with van der Waals surface area (Å²) in [5.74, 6) is -0.264. The molecule has 0 spiro atoms. The van der Waals surface area contributed by atoms with E-state index in [9.17, 15) is 9.18 Å². The quantitative estimate of drug-likeness (QED) is 0.787. The minimum Gasteiger partial charge on any atom is -0.399 e. The van der Waals surface area contributed by atoms with Gasteiger partial charge in [-0.15, -0.1) is 0 Å². The molecule has 0 fully saturated rings. The van der Waals surface area contributed by atoms with Crippen LogP contribution in [-0.2, 0) is 6.42 Å². The summed E-state index contributed by atoms with van der Waals surface area (Å²) in [6.07, 6.45) is 2.63. The first-order chi connectivity index (χ1) is 10.6. The number of nitrogen functional groups attached to an aromatic ring is 1. The van der Waals surface area contributed by atoms with E-state index < -0.39 is 0 Å². The predicted molar refractivity (Wildman–Crippen MR) is 86.6 cm³/mol. The smallest absolute Gasteiger partial charge is 0.326 e. The number of urea groups is 1. The van der Waals surface area contributed by atoms with Crippen molar-refractivity contribution in [2.75, 3.05) is 22.5 Å². The van der Waals surface area contributed by atoms with Crippen molar-refractivity contribution in [3.8, 4) is 0 Å². The summed E-state index contributed by atoms with van der Waals surface area (Å²) < 4.78 is 13.4. The Kier molecular flexibility index (Phi) is 3.96. The van der Waals surface area contributed by atoms with Crippen LogP contribution in [0.15, 0.2) is 42.5 Å². The van der Waals surface area contributed by atoms with Gasteiger partial charge in [-0.05, 0) is 67.3 Å². The highest BCUT2D eigenvalue weighted by atomic mass is 19.1.